The molecule has 1 N–H and O–H groups in total. The van der Waals surface area contributed by atoms with Gasteiger partial charge in [-0.3, -0.25) is 9.48 Å². The van der Waals surface area contributed by atoms with Gasteiger partial charge in [-0.05, 0) is 39.0 Å². The summed E-state index contributed by atoms with van der Waals surface area (Å²) in [5.41, 5.74) is 2.39. The third kappa shape index (κ3) is 5.25. The Morgan fingerprint density at radius 1 is 1.40 bits per heavy atom. The zero-order valence-corrected chi connectivity index (χ0v) is 18.5. The first-order valence-corrected chi connectivity index (χ1v) is 10.8. The van der Waals surface area contributed by atoms with Crippen molar-refractivity contribution in [3.63, 3.8) is 0 Å². The zero-order chi connectivity index (χ0) is 21.7. The van der Waals surface area contributed by atoms with Gasteiger partial charge in [0.1, 0.15) is 22.9 Å². The molecule has 0 saturated carbocycles. The van der Waals surface area contributed by atoms with Gasteiger partial charge < -0.3 is 10.1 Å². The van der Waals surface area contributed by atoms with Crippen molar-refractivity contribution in [1.82, 2.24) is 20.1 Å². The number of benzene rings is 1. The summed E-state index contributed by atoms with van der Waals surface area (Å²) in [7, 11) is 0. The molecule has 2 aromatic heterocycles. The van der Waals surface area contributed by atoms with Crippen LogP contribution >= 0.6 is 22.9 Å². The Kier molecular flexibility index (Phi) is 7.21. The fourth-order valence-corrected chi connectivity index (χ4v) is 3.93. The minimum atomic E-state index is -0.222. The maximum atomic E-state index is 12.5. The Labute approximate surface area is 184 Å². The summed E-state index contributed by atoms with van der Waals surface area (Å²) in [6.07, 6.45) is 1.71. The zero-order valence-electron chi connectivity index (χ0n) is 16.9. The highest BCUT2D eigenvalue weighted by Crippen LogP contribution is 2.24. The molecule has 0 bridgehead atoms. The van der Waals surface area contributed by atoms with Crippen molar-refractivity contribution in [2.24, 2.45) is 0 Å². The van der Waals surface area contributed by atoms with Gasteiger partial charge in [-0.2, -0.15) is 10.4 Å². The van der Waals surface area contributed by atoms with Gasteiger partial charge >= 0.3 is 0 Å². The SMILES string of the molecule is CCOC(C)c1nc(C(=O)N[C@@H](C)Cn2ccc(-c3ccc(C#N)c(Cl)c3)n2)cs1. The molecule has 0 radical (unpaired) electrons. The van der Waals surface area contributed by atoms with Crippen LogP contribution in [0, 0.1) is 11.3 Å². The van der Waals surface area contributed by atoms with Crippen molar-refractivity contribution in [3.05, 3.63) is 57.1 Å². The lowest BCUT2D eigenvalue weighted by molar-refractivity contribution is 0.0759. The molecule has 1 unspecified atom stereocenters. The Morgan fingerprint density at radius 2 is 2.20 bits per heavy atom. The van der Waals surface area contributed by atoms with Crippen molar-refractivity contribution in [2.75, 3.05) is 6.61 Å². The minimum Gasteiger partial charge on any atom is -0.372 e. The smallest absolute Gasteiger partial charge is 0.271 e. The highest BCUT2D eigenvalue weighted by Gasteiger charge is 2.17. The number of carbonyl (C=O) groups is 1. The number of nitriles is 1. The number of aromatic nitrogens is 3. The van der Waals surface area contributed by atoms with Crippen molar-refractivity contribution in [1.29, 1.82) is 5.26 Å². The number of thiazole rings is 1. The van der Waals surface area contributed by atoms with Gasteiger partial charge in [-0.1, -0.05) is 17.7 Å². The van der Waals surface area contributed by atoms with Gasteiger partial charge in [0.05, 0.1) is 22.8 Å². The third-order valence-electron chi connectivity index (χ3n) is 4.38. The first-order chi connectivity index (χ1) is 14.4. The normalized spacial score (nSPS) is 12.9. The van der Waals surface area contributed by atoms with E-state index >= 15 is 0 Å². The van der Waals surface area contributed by atoms with Gasteiger partial charge in [0.15, 0.2) is 0 Å². The minimum absolute atomic E-state index is 0.128. The monoisotopic (exact) mass is 443 g/mol. The highest BCUT2D eigenvalue weighted by molar-refractivity contribution is 7.09. The quantitative estimate of drug-likeness (QED) is 0.555. The van der Waals surface area contributed by atoms with E-state index in [0.717, 1.165) is 16.3 Å². The first-order valence-electron chi connectivity index (χ1n) is 9.52. The van der Waals surface area contributed by atoms with Gasteiger partial charge in [-0.25, -0.2) is 4.98 Å². The second-order valence-corrected chi connectivity index (χ2v) is 8.07. The van der Waals surface area contributed by atoms with Gasteiger partial charge in [-0.15, -0.1) is 11.3 Å². The van der Waals surface area contributed by atoms with Crippen LogP contribution in [0.5, 0.6) is 0 Å². The van der Waals surface area contributed by atoms with Crippen molar-refractivity contribution < 1.29 is 9.53 Å². The summed E-state index contributed by atoms with van der Waals surface area (Å²) < 4.78 is 7.28. The van der Waals surface area contributed by atoms with E-state index in [4.69, 9.17) is 21.6 Å². The molecule has 7 nitrogen and oxygen atoms in total. The molecule has 3 rings (SSSR count). The van der Waals surface area contributed by atoms with Gasteiger partial charge in [0.25, 0.3) is 5.91 Å². The Morgan fingerprint density at radius 3 is 2.90 bits per heavy atom. The van der Waals surface area contributed by atoms with E-state index in [2.05, 4.69) is 15.4 Å². The summed E-state index contributed by atoms with van der Waals surface area (Å²) in [6, 6.07) is 8.97. The first kappa shape index (κ1) is 22.0. The van der Waals surface area contributed by atoms with Crippen LogP contribution in [-0.2, 0) is 11.3 Å². The van der Waals surface area contributed by atoms with E-state index in [1.165, 1.54) is 11.3 Å². The maximum Gasteiger partial charge on any atom is 0.271 e. The molecule has 1 aromatic carbocycles. The molecule has 0 saturated heterocycles. The van der Waals surface area contributed by atoms with Crippen LogP contribution in [0.4, 0.5) is 0 Å². The average Bonchev–Trinajstić information content (AvgIpc) is 3.38. The van der Waals surface area contributed by atoms with E-state index in [-0.39, 0.29) is 18.1 Å². The number of hydrogen-bond acceptors (Lipinski definition) is 6. The predicted octanol–water partition coefficient (Wildman–Crippen LogP) is 4.45. The van der Waals surface area contributed by atoms with E-state index in [1.807, 2.05) is 45.2 Å². The number of carbonyl (C=O) groups excluding carboxylic acids is 1. The van der Waals surface area contributed by atoms with Crippen LogP contribution in [0.2, 0.25) is 5.02 Å². The molecule has 0 aliphatic heterocycles. The Bertz CT molecular complexity index is 1070. The molecule has 2 heterocycles. The molecular formula is C21H22ClN5O2S. The summed E-state index contributed by atoms with van der Waals surface area (Å²) in [6.45, 7) is 6.86. The fraction of sp³-hybridized carbons (Fsp3) is 0.333. The number of nitrogens with zero attached hydrogens (tertiary/aromatic N) is 4. The van der Waals surface area contributed by atoms with E-state index < -0.39 is 0 Å². The molecule has 30 heavy (non-hydrogen) atoms. The lowest BCUT2D eigenvalue weighted by Crippen LogP contribution is -2.36. The lowest BCUT2D eigenvalue weighted by Gasteiger charge is -2.13. The molecule has 1 amide bonds. The lowest BCUT2D eigenvalue weighted by atomic mass is 10.1. The fourth-order valence-electron chi connectivity index (χ4n) is 2.91. The predicted molar refractivity (Wildman–Crippen MR) is 116 cm³/mol. The molecule has 0 aliphatic carbocycles. The Balaban J connectivity index is 1.60. The second-order valence-electron chi connectivity index (χ2n) is 6.77. The van der Waals surface area contributed by atoms with Crippen LogP contribution < -0.4 is 5.32 Å². The standard InChI is InChI=1S/C21H22ClN5O2S/c1-4-29-14(3)21-25-19(12-30-21)20(28)24-13(2)11-27-8-7-18(26-27)15-5-6-16(10-23)17(22)9-15/h5-9,12-14H,4,11H2,1-3H3,(H,24,28)/t13-,14?/m0/s1. The largest absolute Gasteiger partial charge is 0.372 e. The summed E-state index contributed by atoms with van der Waals surface area (Å²) in [5.74, 6) is -0.222. The van der Waals surface area contributed by atoms with Crippen LogP contribution in [0.3, 0.4) is 0 Å². The van der Waals surface area contributed by atoms with Crippen LogP contribution in [0.25, 0.3) is 11.3 Å². The van der Waals surface area contributed by atoms with Crippen LogP contribution in [0.1, 0.15) is 47.9 Å². The topological polar surface area (TPSA) is 92.8 Å². The van der Waals surface area contributed by atoms with Crippen LogP contribution in [-0.4, -0.2) is 33.3 Å². The van der Waals surface area contributed by atoms with Crippen molar-refractivity contribution in [2.45, 2.75) is 39.5 Å². The van der Waals surface area contributed by atoms with Crippen molar-refractivity contribution >= 4 is 28.8 Å². The molecule has 0 spiro atoms. The van der Waals surface area contributed by atoms with Gasteiger partial charge in [0.2, 0.25) is 0 Å². The molecule has 2 atom stereocenters. The number of halogens is 1. The van der Waals surface area contributed by atoms with Crippen molar-refractivity contribution in [3.8, 4) is 17.3 Å². The molecule has 3 aromatic rings. The molecule has 0 aliphatic rings. The number of amides is 1. The summed E-state index contributed by atoms with van der Waals surface area (Å²) in [5, 5.41) is 19.4. The van der Waals surface area contributed by atoms with Gasteiger partial charge in [0, 0.05) is 29.8 Å². The highest BCUT2D eigenvalue weighted by atomic mass is 35.5. The molecule has 9 heteroatoms. The molecular weight excluding hydrogens is 422 g/mol. The average molecular weight is 444 g/mol. The third-order valence-corrected chi connectivity index (χ3v) is 5.70. The van der Waals surface area contributed by atoms with E-state index in [9.17, 15) is 4.79 Å². The molecule has 156 valence electrons. The van der Waals surface area contributed by atoms with E-state index in [1.54, 1.807) is 22.2 Å². The number of ether oxygens (including phenoxy) is 1. The Hall–Kier alpha value is -2.73. The maximum absolute atomic E-state index is 12.5. The summed E-state index contributed by atoms with van der Waals surface area (Å²) >= 11 is 7.52. The number of nitrogens with one attached hydrogen (secondary N) is 1. The van der Waals surface area contributed by atoms with E-state index in [0.29, 0.717) is 29.4 Å². The second kappa shape index (κ2) is 9.85. The summed E-state index contributed by atoms with van der Waals surface area (Å²) in [4.78, 5) is 16.9. The molecule has 0 fully saturated rings. The number of hydrogen-bond donors (Lipinski definition) is 1. The van der Waals surface area contributed by atoms with Crippen LogP contribution in [0.15, 0.2) is 35.8 Å². The number of rotatable bonds is 8.